The largest absolute Gasteiger partial charge is 0.445 e. The lowest BCUT2D eigenvalue weighted by Crippen LogP contribution is -2.47. The maximum Gasteiger partial charge on any atom is 0.408 e. The van der Waals surface area contributed by atoms with Crippen molar-refractivity contribution in [3.63, 3.8) is 0 Å². The molecule has 1 heterocycles. The SMILES string of the molecule is CC(C)C(NC(=O)OCc1ccccc1)C(=O)Nc1cccnc1. The molecule has 24 heavy (non-hydrogen) atoms. The first-order chi connectivity index (χ1) is 11.6. The highest BCUT2D eigenvalue weighted by atomic mass is 16.5. The van der Waals surface area contributed by atoms with Gasteiger partial charge >= 0.3 is 6.09 Å². The lowest BCUT2D eigenvalue weighted by Gasteiger charge is -2.21. The Morgan fingerprint density at radius 3 is 2.50 bits per heavy atom. The summed E-state index contributed by atoms with van der Waals surface area (Å²) in [5, 5.41) is 5.34. The van der Waals surface area contributed by atoms with E-state index >= 15 is 0 Å². The number of amides is 2. The van der Waals surface area contributed by atoms with Crippen molar-refractivity contribution >= 4 is 17.7 Å². The molecule has 6 heteroatoms. The van der Waals surface area contributed by atoms with Gasteiger partial charge in [-0.15, -0.1) is 0 Å². The number of pyridine rings is 1. The summed E-state index contributed by atoms with van der Waals surface area (Å²) < 4.78 is 5.17. The van der Waals surface area contributed by atoms with Gasteiger partial charge in [0.2, 0.25) is 5.91 Å². The molecule has 0 aliphatic heterocycles. The van der Waals surface area contributed by atoms with Crippen LogP contribution >= 0.6 is 0 Å². The van der Waals surface area contributed by atoms with Crippen molar-refractivity contribution in [2.24, 2.45) is 5.92 Å². The van der Waals surface area contributed by atoms with E-state index in [1.54, 1.807) is 24.5 Å². The average Bonchev–Trinajstić information content (AvgIpc) is 2.59. The van der Waals surface area contributed by atoms with E-state index in [1.165, 1.54) is 0 Å². The molecule has 2 rings (SSSR count). The molecule has 2 N–H and O–H groups in total. The first kappa shape index (κ1) is 17.5. The summed E-state index contributed by atoms with van der Waals surface area (Å²) in [5.74, 6) is -0.402. The zero-order chi connectivity index (χ0) is 17.4. The molecule has 0 fully saturated rings. The molecule has 1 aromatic heterocycles. The Morgan fingerprint density at radius 1 is 1.12 bits per heavy atom. The van der Waals surface area contributed by atoms with Crippen LogP contribution in [0, 0.1) is 5.92 Å². The third-order valence-corrected chi connectivity index (χ3v) is 3.36. The molecule has 2 amide bonds. The molecule has 0 aliphatic rings. The number of hydrogen-bond acceptors (Lipinski definition) is 4. The minimum absolute atomic E-state index is 0.0917. The number of alkyl carbamates (subject to hydrolysis) is 1. The number of nitrogens with zero attached hydrogens (tertiary/aromatic N) is 1. The number of benzene rings is 1. The topological polar surface area (TPSA) is 80.3 Å². The van der Waals surface area contributed by atoms with Gasteiger partial charge in [-0.05, 0) is 23.6 Å². The Balaban J connectivity index is 1.90. The van der Waals surface area contributed by atoms with Crippen LogP contribution in [0.25, 0.3) is 0 Å². The molecule has 126 valence electrons. The van der Waals surface area contributed by atoms with Gasteiger partial charge in [0.15, 0.2) is 0 Å². The van der Waals surface area contributed by atoms with Crippen LogP contribution in [0.4, 0.5) is 10.5 Å². The van der Waals surface area contributed by atoms with E-state index in [1.807, 2.05) is 44.2 Å². The predicted octanol–water partition coefficient (Wildman–Crippen LogP) is 2.97. The number of carbonyl (C=O) groups is 2. The summed E-state index contributed by atoms with van der Waals surface area (Å²) in [6, 6.07) is 12.1. The van der Waals surface area contributed by atoms with E-state index < -0.39 is 12.1 Å². The number of hydrogen-bond donors (Lipinski definition) is 2. The average molecular weight is 327 g/mol. The molecular formula is C18H21N3O3. The highest BCUT2D eigenvalue weighted by molar-refractivity contribution is 5.96. The molecular weight excluding hydrogens is 306 g/mol. The number of carbonyl (C=O) groups excluding carboxylic acids is 2. The number of rotatable bonds is 6. The first-order valence-corrected chi connectivity index (χ1v) is 7.74. The monoisotopic (exact) mass is 327 g/mol. The van der Waals surface area contributed by atoms with Gasteiger partial charge in [0.05, 0.1) is 11.9 Å². The third-order valence-electron chi connectivity index (χ3n) is 3.36. The van der Waals surface area contributed by atoms with Gasteiger partial charge in [0.1, 0.15) is 12.6 Å². The maximum atomic E-state index is 12.4. The molecule has 2 aromatic rings. The Morgan fingerprint density at radius 2 is 1.88 bits per heavy atom. The fraction of sp³-hybridized carbons (Fsp3) is 0.278. The Kier molecular flexibility index (Phi) is 6.31. The van der Waals surface area contributed by atoms with Crippen molar-refractivity contribution in [1.82, 2.24) is 10.3 Å². The standard InChI is InChI=1S/C18H21N3O3/c1-13(2)16(17(22)20-15-9-6-10-19-11-15)21-18(23)24-12-14-7-4-3-5-8-14/h3-11,13,16H,12H2,1-2H3,(H,20,22)(H,21,23). The second-order valence-electron chi connectivity index (χ2n) is 5.66. The van der Waals surface area contributed by atoms with Gasteiger partial charge in [-0.2, -0.15) is 0 Å². The summed E-state index contributed by atoms with van der Waals surface area (Å²) in [4.78, 5) is 28.3. The van der Waals surface area contributed by atoms with E-state index in [0.29, 0.717) is 5.69 Å². The van der Waals surface area contributed by atoms with Crippen LogP contribution in [0.2, 0.25) is 0 Å². The number of aromatic nitrogens is 1. The fourth-order valence-electron chi connectivity index (χ4n) is 2.08. The molecule has 1 unspecified atom stereocenters. The van der Waals surface area contributed by atoms with Crippen molar-refractivity contribution < 1.29 is 14.3 Å². The van der Waals surface area contributed by atoms with Crippen molar-refractivity contribution in [3.05, 3.63) is 60.4 Å². The van der Waals surface area contributed by atoms with E-state index in [-0.39, 0.29) is 18.4 Å². The first-order valence-electron chi connectivity index (χ1n) is 7.74. The van der Waals surface area contributed by atoms with Gasteiger partial charge in [-0.1, -0.05) is 44.2 Å². The quantitative estimate of drug-likeness (QED) is 0.855. The molecule has 1 atom stereocenters. The van der Waals surface area contributed by atoms with Crippen LogP contribution in [0.15, 0.2) is 54.9 Å². The molecule has 0 saturated heterocycles. The highest BCUT2D eigenvalue weighted by Gasteiger charge is 2.25. The summed E-state index contributed by atoms with van der Waals surface area (Å²) in [6.07, 6.45) is 2.54. The normalized spacial score (nSPS) is 11.6. The van der Waals surface area contributed by atoms with Gasteiger partial charge in [-0.25, -0.2) is 4.79 Å². The van der Waals surface area contributed by atoms with Gasteiger partial charge in [-0.3, -0.25) is 9.78 Å². The number of anilines is 1. The Hall–Kier alpha value is -2.89. The summed E-state index contributed by atoms with van der Waals surface area (Å²) in [5.41, 5.74) is 1.46. The fourth-order valence-corrected chi connectivity index (χ4v) is 2.08. The molecule has 0 spiro atoms. The van der Waals surface area contributed by atoms with Crippen LogP contribution in [0.3, 0.4) is 0 Å². The molecule has 6 nitrogen and oxygen atoms in total. The molecule has 0 aliphatic carbocycles. The van der Waals surface area contributed by atoms with Crippen LogP contribution in [0.1, 0.15) is 19.4 Å². The Bertz CT molecular complexity index is 660. The van der Waals surface area contributed by atoms with Crippen molar-refractivity contribution in [3.8, 4) is 0 Å². The summed E-state index contributed by atoms with van der Waals surface area (Å²) >= 11 is 0. The lowest BCUT2D eigenvalue weighted by molar-refractivity contribution is -0.119. The maximum absolute atomic E-state index is 12.4. The van der Waals surface area contributed by atoms with Gasteiger partial charge in [0, 0.05) is 6.20 Å². The van der Waals surface area contributed by atoms with Gasteiger partial charge < -0.3 is 15.4 Å². The van der Waals surface area contributed by atoms with Crippen LogP contribution in [-0.2, 0) is 16.1 Å². The highest BCUT2D eigenvalue weighted by Crippen LogP contribution is 2.09. The van der Waals surface area contributed by atoms with Crippen molar-refractivity contribution in [2.45, 2.75) is 26.5 Å². The smallest absolute Gasteiger partial charge is 0.408 e. The summed E-state index contributed by atoms with van der Waals surface area (Å²) in [6.45, 7) is 3.86. The molecule has 1 aromatic carbocycles. The molecule has 0 bridgehead atoms. The predicted molar refractivity (Wildman–Crippen MR) is 91.3 cm³/mol. The summed E-state index contributed by atoms with van der Waals surface area (Å²) in [7, 11) is 0. The van der Waals surface area contributed by atoms with E-state index in [9.17, 15) is 9.59 Å². The Labute approximate surface area is 141 Å². The third kappa shape index (κ3) is 5.39. The zero-order valence-electron chi connectivity index (χ0n) is 13.7. The second-order valence-corrected chi connectivity index (χ2v) is 5.66. The van der Waals surface area contributed by atoms with E-state index in [2.05, 4.69) is 15.6 Å². The number of nitrogens with one attached hydrogen (secondary N) is 2. The van der Waals surface area contributed by atoms with Crippen molar-refractivity contribution in [2.75, 3.05) is 5.32 Å². The van der Waals surface area contributed by atoms with Gasteiger partial charge in [0.25, 0.3) is 0 Å². The van der Waals surface area contributed by atoms with Crippen LogP contribution in [0.5, 0.6) is 0 Å². The second kappa shape index (κ2) is 8.67. The lowest BCUT2D eigenvalue weighted by atomic mass is 10.0. The number of ether oxygens (including phenoxy) is 1. The van der Waals surface area contributed by atoms with Crippen molar-refractivity contribution in [1.29, 1.82) is 0 Å². The van der Waals surface area contributed by atoms with E-state index in [0.717, 1.165) is 5.56 Å². The minimum Gasteiger partial charge on any atom is -0.445 e. The van der Waals surface area contributed by atoms with Crippen LogP contribution < -0.4 is 10.6 Å². The molecule has 0 radical (unpaired) electrons. The molecule has 0 saturated carbocycles. The van der Waals surface area contributed by atoms with Crippen LogP contribution in [-0.4, -0.2) is 23.0 Å². The van der Waals surface area contributed by atoms with E-state index in [4.69, 9.17) is 4.74 Å². The minimum atomic E-state index is -0.700. The zero-order valence-corrected chi connectivity index (χ0v) is 13.7.